The lowest BCUT2D eigenvalue weighted by Crippen LogP contribution is -2.62. The van der Waals surface area contributed by atoms with Crippen molar-refractivity contribution < 1.29 is 29.6 Å². The molecule has 11 heteroatoms. The van der Waals surface area contributed by atoms with Crippen molar-refractivity contribution in [3.63, 3.8) is 0 Å². The first kappa shape index (κ1) is 25.4. The predicted octanol–water partition coefficient (Wildman–Crippen LogP) is 0.223. The normalized spacial score (nSPS) is 33.4. The van der Waals surface area contributed by atoms with Gasteiger partial charge in [0, 0.05) is 24.0 Å². The summed E-state index contributed by atoms with van der Waals surface area (Å²) in [6.45, 7) is 8.17. The summed E-state index contributed by atoms with van der Waals surface area (Å²) in [5.74, 6) is -1.36. The third kappa shape index (κ3) is 5.51. The first-order valence-corrected chi connectivity index (χ1v) is 10.5. The van der Waals surface area contributed by atoms with Gasteiger partial charge in [0.15, 0.2) is 0 Å². The molecule has 0 radical (unpaired) electrons. The van der Waals surface area contributed by atoms with E-state index in [2.05, 4.69) is 43.2 Å². The minimum atomic E-state index is -1.50. The summed E-state index contributed by atoms with van der Waals surface area (Å²) in [5.41, 5.74) is -0.367. The number of hydrogen-bond acceptors (Lipinski definition) is 9. The summed E-state index contributed by atoms with van der Waals surface area (Å²) in [5, 5.41) is 36.4. The molecule has 31 heavy (non-hydrogen) atoms. The molecule has 0 spiro atoms. The number of carbonyl (C=O) groups is 2. The lowest BCUT2D eigenvalue weighted by Gasteiger charge is -2.53. The number of rotatable bonds is 5. The standard InChI is InChI=1S/C20H36N4O7/c1-19(2)8-12(9-20(3,4)24(19)6)17(28)31-10-11-7-13(25)14(16(27)15(11)26)21-18(29)23(5)22-30/h11-16,25-27H,7-10H2,1-6H3,(H,21,29)/t11-,13-,14+,15-,16-/m1/s1. The molecule has 1 saturated heterocycles. The van der Waals surface area contributed by atoms with Crippen LogP contribution in [-0.4, -0.2) is 93.4 Å². The van der Waals surface area contributed by atoms with E-state index in [-0.39, 0.29) is 36.0 Å². The summed E-state index contributed by atoms with van der Waals surface area (Å²) in [6.07, 6.45) is -2.77. The molecule has 11 nitrogen and oxygen atoms in total. The van der Waals surface area contributed by atoms with Crippen LogP contribution in [0.15, 0.2) is 5.29 Å². The van der Waals surface area contributed by atoms with Gasteiger partial charge in [-0.2, -0.15) is 5.01 Å². The minimum Gasteiger partial charge on any atom is -0.465 e. The number of nitrogens with one attached hydrogen (secondary N) is 1. The summed E-state index contributed by atoms with van der Waals surface area (Å²) >= 11 is 0. The first-order chi connectivity index (χ1) is 14.2. The SMILES string of the molecule is CN(N=O)C(=O)N[C@@H]1[C@@H](O)[C@H](O)[C@@H](COC(=O)C2CC(C)(C)N(C)C(C)(C)C2)C[C@H]1O. The van der Waals surface area contributed by atoms with Gasteiger partial charge in [-0.05, 0) is 54.0 Å². The van der Waals surface area contributed by atoms with Crippen LogP contribution in [0.3, 0.4) is 0 Å². The molecule has 1 saturated carbocycles. The van der Waals surface area contributed by atoms with Crippen LogP contribution < -0.4 is 5.32 Å². The molecule has 1 aliphatic carbocycles. The largest absolute Gasteiger partial charge is 0.465 e. The molecule has 0 bridgehead atoms. The van der Waals surface area contributed by atoms with E-state index in [1.165, 1.54) is 0 Å². The number of likely N-dealkylation sites (tertiary alicyclic amines) is 1. The minimum absolute atomic E-state index is 0.000917. The maximum Gasteiger partial charge on any atom is 0.340 e. The number of nitroso groups, excluding NO2 is 1. The molecule has 1 heterocycles. The van der Waals surface area contributed by atoms with Gasteiger partial charge in [0.25, 0.3) is 0 Å². The van der Waals surface area contributed by atoms with Gasteiger partial charge in [0.05, 0.1) is 36.1 Å². The number of aliphatic hydroxyl groups is 3. The Bertz CT molecular complexity index is 668. The molecule has 0 aromatic heterocycles. The number of amides is 2. The highest BCUT2D eigenvalue weighted by Gasteiger charge is 2.47. The van der Waals surface area contributed by atoms with Crippen molar-refractivity contribution in [1.82, 2.24) is 15.2 Å². The second-order valence-corrected chi connectivity index (χ2v) is 10.0. The van der Waals surface area contributed by atoms with E-state index in [0.717, 1.165) is 7.05 Å². The summed E-state index contributed by atoms with van der Waals surface area (Å²) < 4.78 is 5.49. The van der Waals surface area contributed by atoms with E-state index >= 15 is 0 Å². The smallest absolute Gasteiger partial charge is 0.340 e. The Balaban J connectivity index is 1.96. The van der Waals surface area contributed by atoms with Gasteiger partial charge in [0.2, 0.25) is 0 Å². The van der Waals surface area contributed by atoms with Crippen molar-refractivity contribution >= 4 is 12.0 Å². The van der Waals surface area contributed by atoms with Crippen LogP contribution in [0.1, 0.15) is 47.0 Å². The molecule has 2 aliphatic rings. The topological polar surface area (TPSA) is 152 Å². The zero-order valence-electron chi connectivity index (χ0n) is 19.1. The van der Waals surface area contributed by atoms with Crippen molar-refractivity contribution in [2.75, 3.05) is 20.7 Å². The van der Waals surface area contributed by atoms with Gasteiger partial charge in [-0.3, -0.25) is 9.69 Å². The van der Waals surface area contributed by atoms with E-state index in [4.69, 9.17) is 4.74 Å². The number of nitrogens with zero attached hydrogens (tertiary/aromatic N) is 3. The number of hydrogen-bond donors (Lipinski definition) is 4. The highest BCUT2D eigenvalue weighted by atomic mass is 16.5. The quantitative estimate of drug-likeness (QED) is 0.267. The Kier molecular flexibility index (Phi) is 7.68. The highest BCUT2D eigenvalue weighted by Crippen LogP contribution is 2.40. The van der Waals surface area contributed by atoms with Crippen LogP contribution in [0.4, 0.5) is 4.79 Å². The molecule has 178 valence electrons. The van der Waals surface area contributed by atoms with Crippen molar-refractivity contribution in [2.24, 2.45) is 17.1 Å². The molecule has 0 aromatic carbocycles. The fourth-order valence-corrected chi connectivity index (χ4v) is 4.78. The summed E-state index contributed by atoms with van der Waals surface area (Å²) in [6, 6.07) is -2.10. The van der Waals surface area contributed by atoms with E-state index < -0.39 is 36.3 Å². The Morgan fingerprint density at radius 3 is 2.19 bits per heavy atom. The molecule has 1 aliphatic heterocycles. The molecule has 0 aromatic rings. The number of urea groups is 1. The van der Waals surface area contributed by atoms with Gasteiger partial charge in [-0.1, -0.05) is 0 Å². The molecule has 5 atom stereocenters. The van der Waals surface area contributed by atoms with Crippen LogP contribution >= 0.6 is 0 Å². The first-order valence-electron chi connectivity index (χ1n) is 10.5. The van der Waals surface area contributed by atoms with E-state index in [9.17, 15) is 29.8 Å². The third-order valence-corrected chi connectivity index (χ3v) is 6.95. The molecule has 4 N–H and O–H groups in total. The van der Waals surface area contributed by atoms with Crippen LogP contribution in [0.25, 0.3) is 0 Å². The summed E-state index contributed by atoms with van der Waals surface area (Å²) in [7, 11) is 3.16. The number of esters is 1. The maximum absolute atomic E-state index is 12.8. The van der Waals surface area contributed by atoms with Crippen LogP contribution in [0.2, 0.25) is 0 Å². The number of carbonyl (C=O) groups excluding carboxylic acids is 2. The lowest BCUT2D eigenvalue weighted by atomic mass is 9.74. The number of ether oxygens (including phenoxy) is 1. The lowest BCUT2D eigenvalue weighted by molar-refractivity contribution is -0.164. The number of aliphatic hydroxyl groups excluding tert-OH is 3. The molecule has 0 unspecified atom stereocenters. The van der Waals surface area contributed by atoms with Crippen LogP contribution in [0.5, 0.6) is 0 Å². The van der Waals surface area contributed by atoms with Crippen molar-refractivity contribution in [3.05, 3.63) is 4.91 Å². The fourth-order valence-electron chi connectivity index (χ4n) is 4.78. The van der Waals surface area contributed by atoms with E-state index in [0.29, 0.717) is 17.9 Å². The van der Waals surface area contributed by atoms with Gasteiger partial charge < -0.3 is 25.4 Å². The fraction of sp³-hybridized carbons (Fsp3) is 0.900. The van der Waals surface area contributed by atoms with Crippen molar-refractivity contribution in [3.8, 4) is 0 Å². The predicted molar refractivity (Wildman–Crippen MR) is 112 cm³/mol. The number of piperidine rings is 1. The Morgan fingerprint density at radius 1 is 1.13 bits per heavy atom. The van der Waals surface area contributed by atoms with Crippen molar-refractivity contribution in [1.29, 1.82) is 0 Å². The Morgan fingerprint density at radius 2 is 1.68 bits per heavy atom. The molecule has 2 fully saturated rings. The van der Waals surface area contributed by atoms with Gasteiger partial charge in [0.1, 0.15) is 6.10 Å². The maximum atomic E-state index is 12.8. The molecular weight excluding hydrogens is 408 g/mol. The second-order valence-electron chi connectivity index (χ2n) is 10.0. The Hall–Kier alpha value is -1.82. The summed E-state index contributed by atoms with van der Waals surface area (Å²) in [4.78, 5) is 37.2. The zero-order chi connectivity index (χ0) is 23.7. The zero-order valence-corrected chi connectivity index (χ0v) is 19.1. The van der Waals surface area contributed by atoms with Gasteiger partial charge >= 0.3 is 12.0 Å². The van der Waals surface area contributed by atoms with Gasteiger partial charge in [-0.15, -0.1) is 4.91 Å². The van der Waals surface area contributed by atoms with Crippen LogP contribution in [-0.2, 0) is 9.53 Å². The molecule has 2 rings (SSSR count). The second kappa shape index (κ2) is 9.35. The average Bonchev–Trinajstić information content (AvgIpc) is 2.69. The highest BCUT2D eigenvalue weighted by molar-refractivity contribution is 5.74. The van der Waals surface area contributed by atoms with Gasteiger partial charge in [-0.25, -0.2) is 4.79 Å². The Labute approximate surface area is 182 Å². The average molecular weight is 445 g/mol. The third-order valence-electron chi connectivity index (χ3n) is 6.95. The molecular formula is C20H36N4O7. The van der Waals surface area contributed by atoms with E-state index in [1.54, 1.807) is 0 Å². The van der Waals surface area contributed by atoms with Crippen LogP contribution in [0, 0.1) is 16.7 Å². The van der Waals surface area contributed by atoms with E-state index in [1.807, 2.05) is 7.05 Å². The monoisotopic (exact) mass is 444 g/mol. The van der Waals surface area contributed by atoms with Crippen molar-refractivity contribution in [2.45, 2.75) is 82.4 Å². The molecule has 2 amide bonds.